The van der Waals surface area contributed by atoms with Crippen molar-refractivity contribution in [3.63, 3.8) is 0 Å². The van der Waals surface area contributed by atoms with Crippen molar-refractivity contribution in [1.29, 1.82) is 0 Å². The minimum absolute atomic E-state index is 0.0184. The maximum absolute atomic E-state index is 12.9. The van der Waals surface area contributed by atoms with Crippen molar-refractivity contribution in [3.8, 4) is 0 Å². The van der Waals surface area contributed by atoms with Gasteiger partial charge in [0.2, 0.25) is 0 Å². The summed E-state index contributed by atoms with van der Waals surface area (Å²) in [6.07, 6.45) is 0.368. The number of benzene rings is 1. The molecule has 0 heterocycles. The van der Waals surface area contributed by atoms with Crippen LogP contribution in [-0.2, 0) is 4.79 Å². The van der Waals surface area contributed by atoms with Crippen molar-refractivity contribution < 1.29 is 14.3 Å². The van der Waals surface area contributed by atoms with E-state index in [0.29, 0.717) is 12.0 Å². The number of halogens is 2. The fourth-order valence-electron chi connectivity index (χ4n) is 1.28. The molecule has 1 aromatic rings. The van der Waals surface area contributed by atoms with Crippen molar-refractivity contribution in [2.75, 3.05) is 0 Å². The highest BCUT2D eigenvalue weighted by molar-refractivity contribution is 6.20. The van der Waals surface area contributed by atoms with Gasteiger partial charge in [0.25, 0.3) is 0 Å². The molecule has 0 radical (unpaired) electrons. The van der Waals surface area contributed by atoms with Crippen molar-refractivity contribution >= 4 is 17.6 Å². The smallest absolute Gasteiger partial charge is 0.303 e. The molecule has 0 bridgehead atoms. The highest BCUT2D eigenvalue weighted by atomic mass is 35.5. The Morgan fingerprint density at radius 2 is 2.27 bits per heavy atom. The van der Waals surface area contributed by atoms with Gasteiger partial charge in [0.1, 0.15) is 5.82 Å². The van der Waals surface area contributed by atoms with Gasteiger partial charge in [0.15, 0.2) is 0 Å². The lowest BCUT2D eigenvalue weighted by molar-refractivity contribution is -0.137. The Morgan fingerprint density at radius 1 is 1.60 bits per heavy atom. The standard InChI is InChI=1S/C11H12ClFO2/c1-7-6-8(2-4-10(7)13)9(12)3-5-11(14)15/h2,4,6,9H,3,5H2,1H3,(H,14,15). The lowest BCUT2D eigenvalue weighted by Crippen LogP contribution is -1.99. The van der Waals surface area contributed by atoms with E-state index in [2.05, 4.69) is 0 Å². The van der Waals surface area contributed by atoms with Gasteiger partial charge in [-0.15, -0.1) is 11.6 Å². The van der Waals surface area contributed by atoms with Crippen LogP contribution in [0.2, 0.25) is 0 Å². The predicted molar refractivity (Wildman–Crippen MR) is 56.6 cm³/mol. The molecule has 0 spiro atoms. The number of hydrogen-bond donors (Lipinski definition) is 1. The summed E-state index contributed by atoms with van der Waals surface area (Å²) < 4.78 is 12.9. The summed E-state index contributed by atoms with van der Waals surface area (Å²) in [5.74, 6) is -1.15. The zero-order chi connectivity index (χ0) is 11.4. The Morgan fingerprint density at radius 3 is 2.80 bits per heavy atom. The molecular formula is C11H12ClFO2. The Bertz CT molecular complexity index is 366. The number of aryl methyl sites for hydroxylation is 1. The summed E-state index contributed by atoms with van der Waals surface area (Å²) in [5, 5.41) is 8.11. The molecule has 15 heavy (non-hydrogen) atoms. The second kappa shape index (κ2) is 5.12. The summed E-state index contributed by atoms with van der Waals surface area (Å²) in [5.41, 5.74) is 1.28. The Labute approximate surface area is 92.7 Å². The molecule has 0 saturated heterocycles. The number of aliphatic carboxylic acids is 1. The molecule has 1 atom stereocenters. The van der Waals surface area contributed by atoms with Crippen LogP contribution in [0.5, 0.6) is 0 Å². The van der Waals surface area contributed by atoms with Crippen LogP contribution in [0.25, 0.3) is 0 Å². The third-order valence-corrected chi connectivity index (χ3v) is 2.63. The molecule has 1 rings (SSSR count). The first-order valence-electron chi connectivity index (χ1n) is 4.62. The van der Waals surface area contributed by atoms with Crippen LogP contribution in [0.4, 0.5) is 4.39 Å². The van der Waals surface area contributed by atoms with Crippen molar-refractivity contribution in [2.45, 2.75) is 25.1 Å². The molecule has 1 aromatic carbocycles. The summed E-state index contributed by atoms with van der Waals surface area (Å²) in [6.45, 7) is 1.65. The molecule has 1 unspecified atom stereocenters. The van der Waals surface area contributed by atoms with Crippen molar-refractivity contribution in [2.24, 2.45) is 0 Å². The lowest BCUT2D eigenvalue weighted by Gasteiger charge is -2.09. The zero-order valence-electron chi connectivity index (χ0n) is 8.34. The highest BCUT2D eigenvalue weighted by Crippen LogP contribution is 2.26. The van der Waals surface area contributed by atoms with Gasteiger partial charge in [-0.3, -0.25) is 4.79 Å². The molecule has 0 amide bonds. The third kappa shape index (κ3) is 3.51. The molecule has 0 aliphatic carbocycles. The lowest BCUT2D eigenvalue weighted by atomic mass is 10.1. The van der Waals surface area contributed by atoms with Gasteiger partial charge in [-0.25, -0.2) is 4.39 Å². The maximum atomic E-state index is 12.9. The second-order valence-corrected chi connectivity index (χ2v) is 3.94. The minimum Gasteiger partial charge on any atom is -0.481 e. The van der Waals surface area contributed by atoms with E-state index >= 15 is 0 Å². The van der Waals surface area contributed by atoms with Gasteiger partial charge in [0, 0.05) is 6.42 Å². The molecule has 1 N–H and O–H groups in total. The van der Waals surface area contributed by atoms with E-state index in [-0.39, 0.29) is 17.6 Å². The minimum atomic E-state index is -0.875. The van der Waals surface area contributed by atoms with Crippen LogP contribution in [0, 0.1) is 12.7 Å². The van der Waals surface area contributed by atoms with Gasteiger partial charge >= 0.3 is 5.97 Å². The Balaban J connectivity index is 2.69. The summed E-state index contributed by atoms with van der Waals surface area (Å²) in [7, 11) is 0. The van der Waals surface area contributed by atoms with Gasteiger partial charge in [-0.1, -0.05) is 12.1 Å². The van der Waals surface area contributed by atoms with E-state index in [4.69, 9.17) is 16.7 Å². The summed E-state index contributed by atoms with van der Waals surface area (Å²) in [4.78, 5) is 10.3. The number of hydrogen-bond acceptors (Lipinski definition) is 1. The van der Waals surface area contributed by atoms with Crippen LogP contribution < -0.4 is 0 Å². The molecule has 0 fully saturated rings. The second-order valence-electron chi connectivity index (χ2n) is 3.41. The van der Waals surface area contributed by atoms with Gasteiger partial charge < -0.3 is 5.11 Å². The van der Waals surface area contributed by atoms with Crippen LogP contribution in [0.3, 0.4) is 0 Å². The Hall–Kier alpha value is -1.09. The van der Waals surface area contributed by atoms with E-state index in [0.717, 1.165) is 5.56 Å². The molecule has 0 aromatic heterocycles. The molecule has 4 heteroatoms. The van der Waals surface area contributed by atoms with Gasteiger partial charge in [-0.05, 0) is 30.5 Å². The third-order valence-electron chi connectivity index (χ3n) is 2.16. The van der Waals surface area contributed by atoms with Crippen LogP contribution in [0.15, 0.2) is 18.2 Å². The highest BCUT2D eigenvalue weighted by Gasteiger charge is 2.11. The number of rotatable bonds is 4. The quantitative estimate of drug-likeness (QED) is 0.806. The van der Waals surface area contributed by atoms with E-state index in [9.17, 15) is 9.18 Å². The monoisotopic (exact) mass is 230 g/mol. The fraction of sp³-hybridized carbons (Fsp3) is 0.364. The Kier molecular flexibility index (Phi) is 4.09. The first-order valence-corrected chi connectivity index (χ1v) is 5.06. The normalized spacial score (nSPS) is 12.5. The molecule has 0 aliphatic heterocycles. The first-order chi connectivity index (χ1) is 7.00. The molecular weight excluding hydrogens is 219 g/mol. The molecule has 0 saturated carbocycles. The fourth-order valence-corrected chi connectivity index (χ4v) is 1.52. The topological polar surface area (TPSA) is 37.3 Å². The van der Waals surface area contributed by atoms with E-state index in [1.807, 2.05) is 0 Å². The zero-order valence-corrected chi connectivity index (χ0v) is 9.09. The van der Waals surface area contributed by atoms with Crippen LogP contribution >= 0.6 is 11.6 Å². The van der Waals surface area contributed by atoms with Crippen LogP contribution in [0.1, 0.15) is 29.3 Å². The molecule has 2 nitrogen and oxygen atoms in total. The van der Waals surface area contributed by atoms with Gasteiger partial charge in [-0.2, -0.15) is 0 Å². The number of alkyl halides is 1. The number of carboxylic acid groups (broad SMARTS) is 1. The van der Waals surface area contributed by atoms with Crippen molar-refractivity contribution in [1.82, 2.24) is 0 Å². The SMILES string of the molecule is Cc1cc(C(Cl)CCC(=O)O)ccc1F. The summed E-state index contributed by atoms with van der Waals surface area (Å²) in [6, 6.07) is 4.58. The van der Waals surface area contributed by atoms with E-state index < -0.39 is 5.97 Å². The summed E-state index contributed by atoms with van der Waals surface area (Å²) >= 11 is 5.99. The van der Waals surface area contributed by atoms with E-state index in [1.54, 1.807) is 19.1 Å². The first kappa shape index (κ1) is 12.0. The molecule has 0 aliphatic rings. The van der Waals surface area contributed by atoms with Crippen molar-refractivity contribution in [3.05, 3.63) is 35.1 Å². The average Bonchev–Trinajstić information content (AvgIpc) is 2.18. The van der Waals surface area contributed by atoms with Gasteiger partial charge in [0.05, 0.1) is 5.38 Å². The van der Waals surface area contributed by atoms with Crippen LogP contribution in [-0.4, -0.2) is 11.1 Å². The molecule has 82 valence electrons. The average molecular weight is 231 g/mol. The number of carbonyl (C=O) groups is 1. The maximum Gasteiger partial charge on any atom is 0.303 e. The predicted octanol–water partition coefficient (Wildman–Crippen LogP) is 3.28. The largest absolute Gasteiger partial charge is 0.481 e. The van der Waals surface area contributed by atoms with E-state index in [1.165, 1.54) is 6.07 Å². The number of carboxylic acids is 1.